The average molecular weight is 312 g/mol. The smallest absolute Gasteiger partial charge is 0.243 e. The summed E-state index contributed by atoms with van der Waals surface area (Å²) in [5.74, 6) is 0.754. The predicted molar refractivity (Wildman–Crippen MR) is 78.4 cm³/mol. The van der Waals surface area contributed by atoms with Crippen molar-refractivity contribution in [1.29, 1.82) is 0 Å². The molecule has 0 fully saturated rings. The van der Waals surface area contributed by atoms with Gasteiger partial charge in [0.25, 0.3) is 0 Å². The zero-order valence-electron chi connectivity index (χ0n) is 12.4. The Morgan fingerprint density at radius 2 is 2.00 bits per heavy atom. The summed E-state index contributed by atoms with van der Waals surface area (Å²) in [6.45, 7) is 3.92. The number of sulfone groups is 1. The molecule has 0 aliphatic heterocycles. The summed E-state index contributed by atoms with van der Waals surface area (Å²) in [4.78, 5) is 4.32. The van der Waals surface area contributed by atoms with Crippen LogP contribution in [0.2, 0.25) is 0 Å². The Hall–Kier alpha value is -1.67. The maximum atomic E-state index is 11.2. The second-order valence-electron chi connectivity index (χ2n) is 5.63. The minimum absolute atomic E-state index is 0.00707. The van der Waals surface area contributed by atoms with E-state index in [1.807, 2.05) is 42.9 Å². The van der Waals surface area contributed by atoms with Gasteiger partial charge in [0.15, 0.2) is 5.82 Å². The summed E-state index contributed by atoms with van der Waals surface area (Å²) >= 11 is 0. The van der Waals surface area contributed by atoms with Crippen LogP contribution in [0.4, 0.5) is 0 Å². The Balaban J connectivity index is 2.14. The molecule has 2 N–H and O–H groups in total. The Bertz CT molecular complexity index is 689. The quantitative estimate of drug-likeness (QED) is 0.856. The first-order valence-electron chi connectivity index (χ1n) is 6.61. The van der Waals surface area contributed by atoms with Crippen LogP contribution >= 0.6 is 0 Å². The molecule has 116 valence electrons. The summed E-state index contributed by atoms with van der Waals surface area (Å²) in [6.07, 6.45) is 5.26. The van der Waals surface area contributed by atoms with Gasteiger partial charge >= 0.3 is 0 Å². The third-order valence-corrected chi connectivity index (χ3v) is 4.33. The van der Waals surface area contributed by atoms with Crippen LogP contribution < -0.4 is 5.73 Å². The molecular formula is C13H20N4O3S. The molecule has 0 aliphatic rings. The lowest BCUT2D eigenvalue weighted by Crippen LogP contribution is -2.28. The zero-order chi connectivity index (χ0) is 15.7. The molecule has 2 rings (SSSR count). The normalized spacial score (nSPS) is 14.3. The Morgan fingerprint density at radius 3 is 2.57 bits per heavy atom. The van der Waals surface area contributed by atoms with Crippen LogP contribution in [0.1, 0.15) is 38.0 Å². The monoisotopic (exact) mass is 312 g/mol. The molecule has 0 saturated heterocycles. The third kappa shape index (κ3) is 3.70. The van der Waals surface area contributed by atoms with Gasteiger partial charge in [-0.25, -0.2) is 8.42 Å². The minimum Gasteiger partial charge on any atom is -0.341 e. The molecule has 7 nitrogen and oxygen atoms in total. The number of hydrogen-bond donors (Lipinski definition) is 1. The zero-order valence-corrected chi connectivity index (χ0v) is 13.2. The van der Waals surface area contributed by atoms with Crippen molar-refractivity contribution in [1.82, 2.24) is 14.7 Å². The van der Waals surface area contributed by atoms with Gasteiger partial charge in [0.05, 0.1) is 11.8 Å². The molecule has 2 heterocycles. The molecule has 1 unspecified atom stereocenters. The summed E-state index contributed by atoms with van der Waals surface area (Å²) < 4.78 is 29.5. The van der Waals surface area contributed by atoms with E-state index in [0.717, 1.165) is 0 Å². The van der Waals surface area contributed by atoms with Gasteiger partial charge in [-0.05, 0) is 32.4 Å². The molecule has 0 saturated carbocycles. The van der Waals surface area contributed by atoms with E-state index in [2.05, 4.69) is 10.1 Å². The molecule has 0 spiro atoms. The molecule has 0 aromatic carbocycles. The molecule has 21 heavy (non-hydrogen) atoms. The fourth-order valence-electron chi connectivity index (χ4n) is 1.92. The van der Waals surface area contributed by atoms with Gasteiger partial charge in [0, 0.05) is 18.6 Å². The highest BCUT2D eigenvalue weighted by Gasteiger charge is 2.29. The Labute approximate surface area is 124 Å². The molecule has 8 heteroatoms. The van der Waals surface area contributed by atoms with Gasteiger partial charge < -0.3 is 14.8 Å². The van der Waals surface area contributed by atoms with Crippen LogP contribution in [-0.4, -0.2) is 35.1 Å². The van der Waals surface area contributed by atoms with Crippen molar-refractivity contribution in [2.75, 3.05) is 12.0 Å². The van der Waals surface area contributed by atoms with Gasteiger partial charge in [-0.15, -0.1) is 0 Å². The van der Waals surface area contributed by atoms with E-state index >= 15 is 0 Å². The van der Waals surface area contributed by atoms with Crippen LogP contribution in [0.25, 0.3) is 0 Å². The number of aromatic nitrogens is 3. The van der Waals surface area contributed by atoms with Crippen LogP contribution in [0.15, 0.2) is 29.0 Å². The molecule has 0 aliphatic carbocycles. The van der Waals surface area contributed by atoms with E-state index < -0.39 is 21.4 Å². The first-order chi connectivity index (χ1) is 9.70. The van der Waals surface area contributed by atoms with Gasteiger partial charge in [-0.3, -0.25) is 0 Å². The van der Waals surface area contributed by atoms with Crippen molar-refractivity contribution < 1.29 is 12.9 Å². The Morgan fingerprint density at radius 1 is 1.38 bits per heavy atom. The third-order valence-electron chi connectivity index (χ3n) is 3.36. The van der Waals surface area contributed by atoms with E-state index in [9.17, 15) is 8.42 Å². The van der Waals surface area contributed by atoms with Crippen LogP contribution in [0.5, 0.6) is 0 Å². The van der Waals surface area contributed by atoms with E-state index in [0.29, 0.717) is 5.82 Å². The van der Waals surface area contributed by atoms with Crippen LogP contribution in [-0.2, 0) is 15.4 Å². The van der Waals surface area contributed by atoms with Crippen molar-refractivity contribution in [3.63, 3.8) is 0 Å². The molecule has 1 atom stereocenters. The maximum Gasteiger partial charge on any atom is 0.243 e. The first kappa shape index (κ1) is 15.7. The summed E-state index contributed by atoms with van der Waals surface area (Å²) in [5.41, 5.74) is 5.44. The van der Waals surface area contributed by atoms with E-state index in [4.69, 9.17) is 10.3 Å². The minimum atomic E-state index is -3.06. The lowest BCUT2D eigenvalue weighted by atomic mass is 10.1. The van der Waals surface area contributed by atoms with Crippen molar-refractivity contribution in [2.45, 2.75) is 31.8 Å². The molecular weight excluding hydrogens is 292 g/mol. The van der Waals surface area contributed by atoms with Crippen LogP contribution in [0, 0.1) is 0 Å². The SMILES string of the molecule is CC(C)(c1noc(C(N)CCS(C)(=O)=O)n1)n1cccc1. The summed E-state index contributed by atoms with van der Waals surface area (Å²) in [6, 6.07) is 3.25. The molecule has 2 aromatic heterocycles. The number of rotatable bonds is 6. The van der Waals surface area contributed by atoms with Gasteiger partial charge in [-0.1, -0.05) is 5.16 Å². The summed E-state index contributed by atoms with van der Waals surface area (Å²) in [5, 5.41) is 3.97. The average Bonchev–Trinajstić information content (AvgIpc) is 3.05. The lowest BCUT2D eigenvalue weighted by Gasteiger charge is -2.22. The second kappa shape index (κ2) is 5.61. The van der Waals surface area contributed by atoms with Gasteiger partial charge in [0.1, 0.15) is 15.4 Å². The van der Waals surface area contributed by atoms with E-state index in [1.54, 1.807) is 0 Å². The molecule has 0 amide bonds. The standard InChI is InChI=1S/C13H20N4O3S/c1-13(2,17-7-4-5-8-17)12-15-11(20-16-12)10(14)6-9-21(3,18)19/h4-5,7-8,10H,6,9,14H2,1-3H3. The van der Waals surface area contributed by atoms with Crippen molar-refractivity contribution in [3.05, 3.63) is 36.2 Å². The number of hydrogen-bond acceptors (Lipinski definition) is 6. The maximum absolute atomic E-state index is 11.2. The highest BCUT2D eigenvalue weighted by Crippen LogP contribution is 2.24. The first-order valence-corrected chi connectivity index (χ1v) is 8.67. The second-order valence-corrected chi connectivity index (χ2v) is 7.89. The van der Waals surface area contributed by atoms with E-state index in [-0.39, 0.29) is 18.1 Å². The van der Waals surface area contributed by atoms with Crippen LogP contribution in [0.3, 0.4) is 0 Å². The topological polar surface area (TPSA) is 104 Å². The highest BCUT2D eigenvalue weighted by molar-refractivity contribution is 7.90. The summed E-state index contributed by atoms with van der Waals surface area (Å²) in [7, 11) is -3.06. The number of nitrogens with two attached hydrogens (primary N) is 1. The van der Waals surface area contributed by atoms with Crippen molar-refractivity contribution >= 4 is 9.84 Å². The van der Waals surface area contributed by atoms with Gasteiger partial charge in [0.2, 0.25) is 5.89 Å². The number of nitrogens with zero attached hydrogens (tertiary/aromatic N) is 3. The predicted octanol–water partition coefficient (Wildman–Crippen LogP) is 1.09. The molecule has 2 aromatic rings. The highest BCUT2D eigenvalue weighted by atomic mass is 32.2. The van der Waals surface area contributed by atoms with Crippen molar-refractivity contribution in [3.8, 4) is 0 Å². The fraction of sp³-hybridized carbons (Fsp3) is 0.538. The molecule has 0 radical (unpaired) electrons. The van der Waals surface area contributed by atoms with E-state index in [1.165, 1.54) is 6.26 Å². The van der Waals surface area contributed by atoms with Gasteiger partial charge in [-0.2, -0.15) is 4.98 Å². The van der Waals surface area contributed by atoms with Crippen molar-refractivity contribution in [2.24, 2.45) is 5.73 Å². The Kier molecular flexibility index (Phi) is 4.20. The largest absolute Gasteiger partial charge is 0.341 e. The lowest BCUT2D eigenvalue weighted by molar-refractivity contribution is 0.330. The molecule has 0 bridgehead atoms. The fourth-order valence-corrected chi connectivity index (χ4v) is 2.60.